The molecule has 3 heterocycles. The monoisotopic (exact) mass is 413 g/mol. The summed E-state index contributed by atoms with van der Waals surface area (Å²) < 4.78 is 1.91. The van der Waals surface area contributed by atoms with Gasteiger partial charge in [-0.2, -0.15) is 0 Å². The fraction of sp³-hybridized carbons (Fsp3) is 0.300. The molecule has 0 bridgehead atoms. The number of thioether (sulfide) groups is 1. The highest BCUT2D eigenvalue weighted by Crippen LogP contribution is 2.31. The average Bonchev–Trinajstić information content (AvgIpc) is 3.17. The van der Waals surface area contributed by atoms with Gasteiger partial charge in [0.1, 0.15) is 0 Å². The SMILES string of the molecule is O=C(CSc1nnc(-c2ccncc2)n1-c1ccccc1Cl)N1CCCCC1. The van der Waals surface area contributed by atoms with Gasteiger partial charge in [0, 0.05) is 31.0 Å². The predicted molar refractivity (Wildman–Crippen MR) is 111 cm³/mol. The summed E-state index contributed by atoms with van der Waals surface area (Å²) in [7, 11) is 0. The molecule has 6 nitrogen and oxygen atoms in total. The van der Waals surface area contributed by atoms with Crippen LogP contribution in [0.25, 0.3) is 17.1 Å². The van der Waals surface area contributed by atoms with E-state index in [1.807, 2.05) is 45.9 Å². The number of amides is 1. The first kappa shape index (κ1) is 19.0. The van der Waals surface area contributed by atoms with Crippen molar-refractivity contribution in [2.75, 3.05) is 18.8 Å². The molecule has 0 atom stereocenters. The molecule has 1 aromatic carbocycles. The maximum absolute atomic E-state index is 12.6. The van der Waals surface area contributed by atoms with Crippen LogP contribution in [0.5, 0.6) is 0 Å². The summed E-state index contributed by atoms with van der Waals surface area (Å²) in [6, 6.07) is 11.3. The molecule has 0 saturated carbocycles. The molecule has 0 aliphatic carbocycles. The van der Waals surface area contributed by atoms with Gasteiger partial charge >= 0.3 is 0 Å². The third-order valence-corrected chi connectivity index (χ3v) is 5.93. The lowest BCUT2D eigenvalue weighted by molar-refractivity contribution is -0.129. The van der Waals surface area contributed by atoms with Gasteiger partial charge in [-0.05, 0) is 43.5 Å². The Hall–Kier alpha value is -2.38. The summed E-state index contributed by atoms with van der Waals surface area (Å²) in [4.78, 5) is 18.6. The Morgan fingerprint density at radius 1 is 1.04 bits per heavy atom. The van der Waals surface area contributed by atoms with Crippen LogP contribution >= 0.6 is 23.4 Å². The van der Waals surface area contributed by atoms with E-state index in [1.165, 1.54) is 18.2 Å². The van der Waals surface area contributed by atoms with Crippen LogP contribution in [0.15, 0.2) is 53.9 Å². The summed E-state index contributed by atoms with van der Waals surface area (Å²) in [5.74, 6) is 1.14. The molecule has 28 heavy (non-hydrogen) atoms. The van der Waals surface area contributed by atoms with Gasteiger partial charge < -0.3 is 4.90 Å². The Kier molecular flexibility index (Phi) is 5.92. The molecule has 0 unspecified atom stereocenters. The molecule has 1 aliphatic rings. The number of hydrogen-bond acceptors (Lipinski definition) is 5. The Morgan fingerprint density at radius 2 is 1.79 bits per heavy atom. The first-order valence-electron chi connectivity index (χ1n) is 9.25. The molecular formula is C20H20ClN5OS. The average molecular weight is 414 g/mol. The first-order chi connectivity index (χ1) is 13.7. The van der Waals surface area contributed by atoms with Crippen molar-refractivity contribution in [2.45, 2.75) is 24.4 Å². The van der Waals surface area contributed by atoms with E-state index in [1.54, 1.807) is 12.4 Å². The largest absolute Gasteiger partial charge is 0.342 e. The summed E-state index contributed by atoms with van der Waals surface area (Å²) in [5, 5.41) is 9.97. The number of likely N-dealkylation sites (tertiary alicyclic amines) is 1. The molecule has 4 rings (SSSR count). The zero-order valence-corrected chi connectivity index (χ0v) is 16.9. The molecule has 1 aliphatic heterocycles. The van der Waals surface area contributed by atoms with E-state index in [0.717, 1.165) is 37.2 Å². The summed E-state index contributed by atoms with van der Waals surface area (Å²) in [5.41, 5.74) is 1.67. The summed E-state index contributed by atoms with van der Waals surface area (Å²) in [6.07, 6.45) is 6.80. The number of hydrogen-bond donors (Lipinski definition) is 0. The minimum atomic E-state index is 0.142. The van der Waals surface area contributed by atoms with E-state index in [9.17, 15) is 4.79 Å². The number of pyridine rings is 1. The van der Waals surface area contributed by atoms with Crippen LogP contribution in [-0.2, 0) is 4.79 Å². The minimum Gasteiger partial charge on any atom is -0.342 e. The molecule has 0 N–H and O–H groups in total. The Balaban J connectivity index is 1.65. The number of piperidine rings is 1. The molecule has 0 spiro atoms. The number of carbonyl (C=O) groups is 1. The summed E-state index contributed by atoms with van der Waals surface area (Å²) in [6.45, 7) is 1.69. The number of rotatable bonds is 5. The highest BCUT2D eigenvalue weighted by molar-refractivity contribution is 7.99. The second-order valence-electron chi connectivity index (χ2n) is 6.56. The molecule has 1 amide bonds. The fourth-order valence-corrected chi connectivity index (χ4v) is 4.33. The van der Waals surface area contributed by atoms with E-state index in [0.29, 0.717) is 21.8 Å². The maximum atomic E-state index is 12.6. The topological polar surface area (TPSA) is 63.9 Å². The van der Waals surface area contributed by atoms with Crippen LogP contribution < -0.4 is 0 Å². The lowest BCUT2D eigenvalue weighted by Crippen LogP contribution is -2.36. The lowest BCUT2D eigenvalue weighted by Gasteiger charge is -2.26. The van der Waals surface area contributed by atoms with Crippen LogP contribution in [0, 0.1) is 0 Å². The van der Waals surface area contributed by atoms with Crippen molar-refractivity contribution in [3.8, 4) is 17.1 Å². The van der Waals surface area contributed by atoms with Crippen LogP contribution in [-0.4, -0.2) is 49.4 Å². The number of carbonyl (C=O) groups excluding carboxylic acids is 1. The highest BCUT2D eigenvalue weighted by Gasteiger charge is 2.21. The number of para-hydroxylation sites is 1. The van der Waals surface area contributed by atoms with Gasteiger partial charge in [-0.3, -0.25) is 14.3 Å². The van der Waals surface area contributed by atoms with Crippen molar-refractivity contribution >= 4 is 29.3 Å². The van der Waals surface area contributed by atoms with Gasteiger partial charge in [0.05, 0.1) is 16.5 Å². The highest BCUT2D eigenvalue weighted by atomic mass is 35.5. The van der Waals surface area contributed by atoms with Crippen LogP contribution in [0.3, 0.4) is 0 Å². The quantitative estimate of drug-likeness (QED) is 0.589. The van der Waals surface area contributed by atoms with Crippen molar-refractivity contribution in [3.05, 3.63) is 53.8 Å². The predicted octanol–water partition coefficient (Wildman–Crippen LogP) is 4.09. The van der Waals surface area contributed by atoms with E-state index in [-0.39, 0.29) is 5.91 Å². The first-order valence-corrected chi connectivity index (χ1v) is 10.6. The van der Waals surface area contributed by atoms with Gasteiger partial charge in [-0.15, -0.1) is 10.2 Å². The molecule has 1 fully saturated rings. The molecule has 3 aromatic rings. The number of benzene rings is 1. The number of nitrogens with zero attached hydrogens (tertiary/aromatic N) is 5. The normalized spacial score (nSPS) is 14.2. The number of halogens is 1. The third kappa shape index (κ3) is 4.05. The molecule has 2 aromatic heterocycles. The fourth-order valence-electron chi connectivity index (χ4n) is 3.26. The zero-order chi connectivity index (χ0) is 19.3. The Bertz CT molecular complexity index is 956. The van der Waals surface area contributed by atoms with Crippen molar-refractivity contribution in [1.82, 2.24) is 24.6 Å². The van der Waals surface area contributed by atoms with Gasteiger partial charge in [-0.1, -0.05) is 35.5 Å². The van der Waals surface area contributed by atoms with Gasteiger partial charge in [0.2, 0.25) is 5.91 Å². The zero-order valence-electron chi connectivity index (χ0n) is 15.3. The van der Waals surface area contributed by atoms with Gasteiger partial charge in [0.15, 0.2) is 11.0 Å². The third-order valence-electron chi connectivity index (χ3n) is 4.70. The Labute approximate surface area is 172 Å². The molecular weight excluding hydrogens is 394 g/mol. The maximum Gasteiger partial charge on any atom is 0.233 e. The van der Waals surface area contributed by atoms with Gasteiger partial charge in [-0.25, -0.2) is 0 Å². The lowest BCUT2D eigenvalue weighted by atomic mass is 10.1. The second kappa shape index (κ2) is 8.75. The molecule has 1 saturated heterocycles. The van der Waals surface area contributed by atoms with Crippen molar-refractivity contribution < 1.29 is 4.79 Å². The smallest absolute Gasteiger partial charge is 0.233 e. The Morgan fingerprint density at radius 3 is 2.54 bits per heavy atom. The molecule has 144 valence electrons. The van der Waals surface area contributed by atoms with Crippen LogP contribution in [0.2, 0.25) is 5.02 Å². The van der Waals surface area contributed by atoms with Gasteiger partial charge in [0.25, 0.3) is 0 Å². The van der Waals surface area contributed by atoms with Crippen LogP contribution in [0.4, 0.5) is 0 Å². The van der Waals surface area contributed by atoms with Crippen molar-refractivity contribution in [1.29, 1.82) is 0 Å². The van der Waals surface area contributed by atoms with E-state index < -0.39 is 0 Å². The van der Waals surface area contributed by atoms with E-state index in [4.69, 9.17) is 11.6 Å². The standard InChI is InChI=1S/C20H20ClN5OS/c21-16-6-2-3-7-17(16)26-19(15-8-10-22-11-9-15)23-24-20(26)28-14-18(27)25-12-4-1-5-13-25/h2-3,6-11H,1,4-5,12-14H2. The molecule has 0 radical (unpaired) electrons. The minimum absolute atomic E-state index is 0.142. The molecule has 8 heteroatoms. The van der Waals surface area contributed by atoms with Crippen molar-refractivity contribution in [3.63, 3.8) is 0 Å². The van der Waals surface area contributed by atoms with Crippen LogP contribution in [0.1, 0.15) is 19.3 Å². The summed E-state index contributed by atoms with van der Waals surface area (Å²) >= 11 is 7.85. The number of aromatic nitrogens is 4. The van der Waals surface area contributed by atoms with Crippen molar-refractivity contribution in [2.24, 2.45) is 0 Å². The van der Waals surface area contributed by atoms with E-state index in [2.05, 4.69) is 15.2 Å². The second-order valence-corrected chi connectivity index (χ2v) is 7.91. The van der Waals surface area contributed by atoms with E-state index >= 15 is 0 Å².